The molecule has 2 nitrogen and oxygen atoms in total. The van der Waals surface area contributed by atoms with Gasteiger partial charge in [-0.2, -0.15) is 0 Å². The molecule has 0 spiro atoms. The fourth-order valence-electron chi connectivity index (χ4n) is 2.15. The summed E-state index contributed by atoms with van der Waals surface area (Å²) in [5, 5.41) is 2.75. The second-order valence-corrected chi connectivity index (χ2v) is 4.73. The first-order valence-corrected chi connectivity index (χ1v) is 5.86. The molecule has 0 heterocycles. The number of rotatable bonds is 5. The third-order valence-electron chi connectivity index (χ3n) is 2.81. The third-order valence-corrected chi connectivity index (χ3v) is 2.81. The lowest BCUT2D eigenvalue weighted by molar-refractivity contribution is -0.109. The molecule has 88 valence electrons. The van der Waals surface area contributed by atoms with Crippen molar-refractivity contribution in [2.45, 2.75) is 46.1 Å². The van der Waals surface area contributed by atoms with Gasteiger partial charge in [0.25, 0.3) is 0 Å². The van der Waals surface area contributed by atoms with Crippen molar-refractivity contribution in [2.75, 3.05) is 0 Å². The summed E-state index contributed by atoms with van der Waals surface area (Å²) in [4.78, 5) is 10.4. The van der Waals surface area contributed by atoms with Crippen LogP contribution in [0, 0.1) is 0 Å². The van der Waals surface area contributed by atoms with Crippen molar-refractivity contribution in [1.82, 2.24) is 5.32 Å². The van der Waals surface area contributed by atoms with Crippen molar-refractivity contribution >= 4 is 6.41 Å². The van der Waals surface area contributed by atoms with Crippen LogP contribution in [0.1, 0.15) is 56.2 Å². The van der Waals surface area contributed by atoms with Crippen molar-refractivity contribution in [3.05, 3.63) is 34.9 Å². The van der Waals surface area contributed by atoms with Gasteiger partial charge in [0.2, 0.25) is 6.41 Å². The second kappa shape index (κ2) is 5.69. The lowest BCUT2D eigenvalue weighted by Gasteiger charge is -2.20. The van der Waals surface area contributed by atoms with Gasteiger partial charge in [0.1, 0.15) is 0 Å². The van der Waals surface area contributed by atoms with Gasteiger partial charge in [-0.3, -0.25) is 4.79 Å². The van der Waals surface area contributed by atoms with Gasteiger partial charge in [0.15, 0.2) is 0 Å². The van der Waals surface area contributed by atoms with Crippen LogP contribution in [0.5, 0.6) is 0 Å². The quantitative estimate of drug-likeness (QED) is 0.757. The van der Waals surface area contributed by atoms with Gasteiger partial charge < -0.3 is 5.32 Å². The first-order chi connectivity index (χ1) is 7.57. The summed E-state index contributed by atoms with van der Waals surface area (Å²) in [7, 11) is 0. The molecule has 0 aliphatic carbocycles. The number of carbonyl (C=O) groups is 1. The highest BCUT2D eigenvalue weighted by Crippen LogP contribution is 2.29. The molecular weight excluding hydrogens is 198 g/mol. The summed E-state index contributed by atoms with van der Waals surface area (Å²) in [6.07, 6.45) is 0.756. The summed E-state index contributed by atoms with van der Waals surface area (Å²) in [5.41, 5.74) is 4.00. The maximum Gasteiger partial charge on any atom is 0.207 e. The molecule has 0 unspecified atom stereocenters. The first-order valence-electron chi connectivity index (χ1n) is 5.86. The predicted octanol–water partition coefficient (Wildman–Crippen LogP) is 3.18. The van der Waals surface area contributed by atoms with Crippen molar-refractivity contribution in [3.8, 4) is 0 Å². The van der Waals surface area contributed by atoms with E-state index in [9.17, 15) is 4.79 Å². The lowest BCUT2D eigenvalue weighted by Crippen LogP contribution is -2.13. The van der Waals surface area contributed by atoms with E-state index in [4.69, 9.17) is 0 Å². The Morgan fingerprint density at radius 1 is 1.19 bits per heavy atom. The zero-order valence-electron chi connectivity index (χ0n) is 10.6. The highest BCUT2D eigenvalue weighted by atomic mass is 16.1. The van der Waals surface area contributed by atoms with Gasteiger partial charge >= 0.3 is 0 Å². The predicted molar refractivity (Wildman–Crippen MR) is 67.5 cm³/mol. The van der Waals surface area contributed by atoms with Crippen LogP contribution in [0.2, 0.25) is 0 Å². The normalized spacial score (nSPS) is 10.9. The van der Waals surface area contributed by atoms with Crippen LogP contribution in [-0.2, 0) is 11.3 Å². The van der Waals surface area contributed by atoms with Gasteiger partial charge in [-0.25, -0.2) is 0 Å². The van der Waals surface area contributed by atoms with E-state index in [1.165, 1.54) is 16.7 Å². The number of carbonyl (C=O) groups excluding carboxylic acids is 1. The Labute approximate surface area is 98.1 Å². The molecule has 0 atom stereocenters. The van der Waals surface area contributed by atoms with Gasteiger partial charge in [-0.1, -0.05) is 45.9 Å². The molecule has 0 aliphatic rings. The van der Waals surface area contributed by atoms with E-state index in [0.29, 0.717) is 18.4 Å². The first kappa shape index (κ1) is 12.8. The van der Waals surface area contributed by atoms with Crippen LogP contribution in [0.3, 0.4) is 0 Å². The Balaban J connectivity index is 3.15. The molecule has 1 N–H and O–H groups in total. The topological polar surface area (TPSA) is 29.1 Å². The standard InChI is InChI=1S/C14H21NO/c1-10(2)13-7-5-6-12(8-15-9-16)14(13)11(3)4/h5-7,9-11H,8H2,1-4H3,(H,15,16). The number of nitrogens with one attached hydrogen (secondary N) is 1. The van der Waals surface area contributed by atoms with E-state index in [-0.39, 0.29) is 0 Å². The molecular formula is C14H21NO. The smallest absolute Gasteiger partial charge is 0.207 e. The molecule has 16 heavy (non-hydrogen) atoms. The average molecular weight is 219 g/mol. The van der Waals surface area contributed by atoms with Crippen molar-refractivity contribution < 1.29 is 4.79 Å². The fraction of sp³-hybridized carbons (Fsp3) is 0.500. The minimum Gasteiger partial charge on any atom is -0.355 e. The van der Waals surface area contributed by atoms with Crippen LogP contribution < -0.4 is 5.32 Å². The maximum atomic E-state index is 10.4. The molecule has 0 bridgehead atoms. The highest BCUT2D eigenvalue weighted by Gasteiger charge is 2.13. The largest absolute Gasteiger partial charge is 0.355 e. The van der Waals surface area contributed by atoms with E-state index < -0.39 is 0 Å². The SMILES string of the molecule is CC(C)c1cccc(CNC=O)c1C(C)C. The monoisotopic (exact) mass is 219 g/mol. The van der Waals surface area contributed by atoms with Gasteiger partial charge in [0.05, 0.1) is 0 Å². The Bertz CT molecular complexity index is 356. The maximum absolute atomic E-state index is 10.4. The molecule has 0 aromatic heterocycles. The van der Waals surface area contributed by atoms with E-state index in [1.54, 1.807) is 0 Å². The molecule has 0 saturated carbocycles. The molecule has 0 saturated heterocycles. The van der Waals surface area contributed by atoms with Gasteiger partial charge in [-0.15, -0.1) is 0 Å². The number of benzene rings is 1. The summed E-state index contributed by atoms with van der Waals surface area (Å²) in [6, 6.07) is 6.35. The lowest BCUT2D eigenvalue weighted by atomic mass is 9.87. The molecule has 0 fully saturated rings. The van der Waals surface area contributed by atoms with E-state index >= 15 is 0 Å². The number of hydrogen-bond acceptors (Lipinski definition) is 1. The third kappa shape index (κ3) is 2.84. The zero-order chi connectivity index (χ0) is 12.1. The van der Waals surface area contributed by atoms with Gasteiger partial charge in [-0.05, 0) is 28.5 Å². The average Bonchev–Trinajstić information content (AvgIpc) is 2.25. The van der Waals surface area contributed by atoms with Crippen molar-refractivity contribution in [3.63, 3.8) is 0 Å². The summed E-state index contributed by atoms with van der Waals surface area (Å²) < 4.78 is 0. The number of hydrogen-bond donors (Lipinski definition) is 1. The zero-order valence-corrected chi connectivity index (χ0v) is 10.6. The van der Waals surface area contributed by atoms with E-state index in [0.717, 1.165) is 6.41 Å². The molecule has 1 rings (SSSR count). The van der Waals surface area contributed by atoms with E-state index in [2.05, 4.69) is 51.2 Å². The summed E-state index contributed by atoms with van der Waals surface area (Å²) >= 11 is 0. The molecule has 1 amide bonds. The second-order valence-electron chi connectivity index (χ2n) is 4.73. The minimum atomic E-state index is 0.488. The molecule has 1 aromatic carbocycles. The Hall–Kier alpha value is -1.31. The van der Waals surface area contributed by atoms with E-state index in [1.807, 2.05) is 0 Å². The Kier molecular flexibility index (Phi) is 4.53. The van der Waals surface area contributed by atoms with Crippen LogP contribution in [0.4, 0.5) is 0 Å². The van der Waals surface area contributed by atoms with Gasteiger partial charge in [0, 0.05) is 6.54 Å². The van der Waals surface area contributed by atoms with Crippen molar-refractivity contribution in [1.29, 1.82) is 0 Å². The molecule has 0 aliphatic heterocycles. The molecule has 0 radical (unpaired) electrons. The van der Waals surface area contributed by atoms with Crippen LogP contribution in [0.15, 0.2) is 18.2 Å². The molecule has 1 aromatic rings. The molecule has 2 heteroatoms. The Morgan fingerprint density at radius 2 is 1.88 bits per heavy atom. The van der Waals surface area contributed by atoms with Crippen molar-refractivity contribution in [2.24, 2.45) is 0 Å². The van der Waals surface area contributed by atoms with Crippen LogP contribution in [-0.4, -0.2) is 6.41 Å². The minimum absolute atomic E-state index is 0.488. The summed E-state index contributed by atoms with van der Waals surface area (Å²) in [6.45, 7) is 9.44. The summed E-state index contributed by atoms with van der Waals surface area (Å²) in [5.74, 6) is 1.01. The van der Waals surface area contributed by atoms with Crippen LogP contribution >= 0.6 is 0 Å². The highest BCUT2D eigenvalue weighted by molar-refractivity contribution is 5.47. The van der Waals surface area contributed by atoms with Crippen LogP contribution in [0.25, 0.3) is 0 Å². The fourth-order valence-corrected chi connectivity index (χ4v) is 2.15. The number of amides is 1. The Morgan fingerprint density at radius 3 is 2.38 bits per heavy atom.